The Morgan fingerprint density at radius 3 is 2.41 bits per heavy atom. The molecule has 0 bridgehead atoms. The number of aromatic nitrogens is 1. The van der Waals surface area contributed by atoms with Crippen molar-refractivity contribution in [1.29, 1.82) is 0 Å². The van der Waals surface area contributed by atoms with Gasteiger partial charge in [-0.2, -0.15) is 0 Å². The molecule has 1 atom stereocenters. The van der Waals surface area contributed by atoms with Gasteiger partial charge in [-0.15, -0.1) is 0 Å². The van der Waals surface area contributed by atoms with Crippen LogP contribution < -0.4 is 5.32 Å². The number of furan rings is 1. The molecule has 0 aliphatic heterocycles. The standard InChI is InChI=1S/C23H26N2O4/c1-14-8-6-9-15(2)21(14)24-22(26)18(5)29-23(27)20-12-16(3)25(17(20)4)13-19-10-7-11-28-19/h6-12,18H,13H2,1-5H3,(H,24,26). The average Bonchev–Trinajstić information content (AvgIpc) is 3.28. The van der Waals surface area contributed by atoms with Crippen LogP contribution in [-0.2, 0) is 16.1 Å². The molecule has 6 nitrogen and oxygen atoms in total. The van der Waals surface area contributed by atoms with Gasteiger partial charge >= 0.3 is 5.97 Å². The topological polar surface area (TPSA) is 73.5 Å². The predicted molar refractivity (Wildman–Crippen MR) is 111 cm³/mol. The second-order valence-corrected chi connectivity index (χ2v) is 7.25. The second kappa shape index (κ2) is 8.39. The molecule has 3 rings (SSSR count). The van der Waals surface area contributed by atoms with Crippen molar-refractivity contribution in [2.45, 2.75) is 47.3 Å². The first kappa shape index (κ1) is 20.5. The Hall–Kier alpha value is -3.28. The van der Waals surface area contributed by atoms with Gasteiger partial charge < -0.3 is 19.0 Å². The summed E-state index contributed by atoms with van der Waals surface area (Å²) in [7, 11) is 0. The number of amides is 1. The van der Waals surface area contributed by atoms with Crippen LogP contribution in [0, 0.1) is 27.7 Å². The fraction of sp³-hybridized carbons (Fsp3) is 0.304. The lowest BCUT2D eigenvalue weighted by atomic mass is 10.1. The number of anilines is 1. The van der Waals surface area contributed by atoms with Gasteiger partial charge in [0.1, 0.15) is 5.76 Å². The maximum Gasteiger partial charge on any atom is 0.340 e. The molecule has 1 N–H and O–H groups in total. The maximum absolute atomic E-state index is 12.7. The first-order chi connectivity index (χ1) is 13.8. The highest BCUT2D eigenvalue weighted by molar-refractivity contribution is 5.98. The minimum Gasteiger partial charge on any atom is -0.467 e. The Morgan fingerprint density at radius 1 is 1.10 bits per heavy atom. The SMILES string of the molecule is Cc1cccc(C)c1NC(=O)C(C)OC(=O)c1cc(C)n(Cc2ccco2)c1C. The van der Waals surface area contributed by atoms with Crippen molar-refractivity contribution < 1.29 is 18.7 Å². The third kappa shape index (κ3) is 4.42. The number of aryl methyl sites for hydroxylation is 3. The van der Waals surface area contributed by atoms with Crippen molar-refractivity contribution in [2.24, 2.45) is 0 Å². The molecule has 6 heteroatoms. The van der Waals surface area contributed by atoms with Crippen molar-refractivity contribution in [2.75, 3.05) is 5.32 Å². The molecule has 0 radical (unpaired) electrons. The number of ether oxygens (including phenoxy) is 1. The van der Waals surface area contributed by atoms with Gasteiger partial charge in [-0.1, -0.05) is 18.2 Å². The van der Waals surface area contributed by atoms with Gasteiger partial charge in [0.05, 0.1) is 18.4 Å². The van der Waals surface area contributed by atoms with Crippen LogP contribution in [0.15, 0.2) is 47.1 Å². The number of rotatable bonds is 6. The van der Waals surface area contributed by atoms with E-state index in [-0.39, 0.29) is 5.91 Å². The summed E-state index contributed by atoms with van der Waals surface area (Å²) in [5, 5.41) is 2.86. The molecule has 0 spiro atoms. The Labute approximate surface area is 170 Å². The predicted octanol–water partition coefficient (Wildman–Crippen LogP) is 4.55. The van der Waals surface area contributed by atoms with E-state index in [9.17, 15) is 9.59 Å². The largest absolute Gasteiger partial charge is 0.467 e. The summed E-state index contributed by atoms with van der Waals surface area (Å²) in [5.41, 5.74) is 4.79. The normalized spacial score (nSPS) is 11.9. The number of hydrogen-bond donors (Lipinski definition) is 1. The molecule has 1 aromatic carbocycles. The van der Waals surface area contributed by atoms with Crippen molar-refractivity contribution in [3.05, 3.63) is 76.5 Å². The first-order valence-corrected chi connectivity index (χ1v) is 9.55. The van der Waals surface area contributed by atoms with Crippen LogP contribution in [0.3, 0.4) is 0 Å². The highest BCUT2D eigenvalue weighted by atomic mass is 16.5. The zero-order valence-corrected chi connectivity index (χ0v) is 17.4. The molecule has 2 heterocycles. The van der Waals surface area contributed by atoms with Crippen LogP contribution in [0.1, 0.15) is 45.6 Å². The van der Waals surface area contributed by atoms with Crippen molar-refractivity contribution in [3.8, 4) is 0 Å². The van der Waals surface area contributed by atoms with Crippen LogP contribution in [-0.4, -0.2) is 22.5 Å². The van der Waals surface area contributed by atoms with Crippen LogP contribution in [0.2, 0.25) is 0 Å². The zero-order valence-electron chi connectivity index (χ0n) is 17.4. The van der Waals surface area contributed by atoms with Gasteiger partial charge in [0.15, 0.2) is 6.10 Å². The van der Waals surface area contributed by atoms with Crippen LogP contribution in [0.25, 0.3) is 0 Å². The van der Waals surface area contributed by atoms with Crippen molar-refractivity contribution in [1.82, 2.24) is 4.57 Å². The lowest BCUT2D eigenvalue weighted by Crippen LogP contribution is -2.30. The van der Waals surface area contributed by atoms with E-state index >= 15 is 0 Å². The third-order valence-corrected chi connectivity index (χ3v) is 5.07. The molecule has 3 aromatic rings. The van der Waals surface area contributed by atoms with E-state index in [1.54, 1.807) is 19.3 Å². The molecular weight excluding hydrogens is 368 g/mol. The Balaban J connectivity index is 1.70. The van der Waals surface area contributed by atoms with E-state index in [4.69, 9.17) is 9.15 Å². The van der Waals surface area contributed by atoms with Gasteiger partial charge in [-0.3, -0.25) is 4.79 Å². The average molecular weight is 394 g/mol. The summed E-state index contributed by atoms with van der Waals surface area (Å²) in [6.45, 7) is 9.72. The summed E-state index contributed by atoms with van der Waals surface area (Å²) in [6, 6.07) is 11.3. The van der Waals surface area contributed by atoms with E-state index in [2.05, 4.69) is 5.32 Å². The fourth-order valence-electron chi connectivity index (χ4n) is 3.32. The molecule has 0 aliphatic carbocycles. The summed E-state index contributed by atoms with van der Waals surface area (Å²) < 4.78 is 12.8. The number of para-hydroxylation sites is 1. The van der Waals surface area contributed by atoms with Crippen LogP contribution >= 0.6 is 0 Å². The quantitative estimate of drug-likeness (QED) is 0.623. The van der Waals surface area contributed by atoms with Gasteiger partial charge in [0.25, 0.3) is 5.91 Å². The van der Waals surface area contributed by atoms with E-state index in [0.29, 0.717) is 12.1 Å². The Bertz CT molecular complexity index is 1010. The van der Waals surface area contributed by atoms with E-state index in [1.165, 1.54) is 0 Å². The van der Waals surface area contributed by atoms with E-state index in [0.717, 1.165) is 34.0 Å². The van der Waals surface area contributed by atoms with E-state index < -0.39 is 12.1 Å². The number of esters is 1. The molecule has 29 heavy (non-hydrogen) atoms. The minimum atomic E-state index is -0.922. The summed E-state index contributed by atoms with van der Waals surface area (Å²) in [6.07, 6.45) is 0.699. The van der Waals surface area contributed by atoms with E-state index in [1.807, 2.05) is 62.6 Å². The van der Waals surface area contributed by atoms with Crippen LogP contribution in [0.5, 0.6) is 0 Å². The number of carbonyl (C=O) groups excluding carboxylic acids is 2. The summed E-state index contributed by atoms with van der Waals surface area (Å²) in [4.78, 5) is 25.2. The highest BCUT2D eigenvalue weighted by Crippen LogP contribution is 2.21. The molecule has 0 saturated heterocycles. The number of hydrogen-bond acceptors (Lipinski definition) is 4. The lowest BCUT2D eigenvalue weighted by Gasteiger charge is -2.16. The van der Waals surface area contributed by atoms with Gasteiger partial charge in [0, 0.05) is 17.1 Å². The summed E-state index contributed by atoms with van der Waals surface area (Å²) >= 11 is 0. The molecule has 0 fully saturated rings. The number of nitrogens with one attached hydrogen (secondary N) is 1. The molecule has 2 aromatic heterocycles. The van der Waals surface area contributed by atoms with Crippen molar-refractivity contribution >= 4 is 17.6 Å². The zero-order chi connectivity index (χ0) is 21.1. The Kier molecular flexibility index (Phi) is 5.92. The molecule has 0 saturated carbocycles. The second-order valence-electron chi connectivity index (χ2n) is 7.25. The smallest absolute Gasteiger partial charge is 0.340 e. The van der Waals surface area contributed by atoms with Gasteiger partial charge in [-0.05, 0) is 63.9 Å². The van der Waals surface area contributed by atoms with Crippen LogP contribution in [0.4, 0.5) is 5.69 Å². The number of nitrogens with zero attached hydrogens (tertiary/aromatic N) is 1. The van der Waals surface area contributed by atoms with Gasteiger partial charge in [-0.25, -0.2) is 4.79 Å². The summed E-state index contributed by atoms with van der Waals surface area (Å²) in [5.74, 6) is -0.0823. The maximum atomic E-state index is 12.7. The monoisotopic (exact) mass is 394 g/mol. The number of benzene rings is 1. The molecule has 1 unspecified atom stereocenters. The molecule has 0 aliphatic rings. The fourth-order valence-corrected chi connectivity index (χ4v) is 3.32. The lowest BCUT2D eigenvalue weighted by molar-refractivity contribution is -0.123. The highest BCUT2D eigenvalue weighted by Gasteiger charge is 2.23. The first-order valence-electron chi connectivity index (χ1n) is 9.55. The molecule has 1 amide bonds. The third-order valence-electron chi connectivity index (χ3n) is 5.07. The molecule has 152 valence electrons. The number of carbonyl (C=O) groups is 2. The minimum absolute atomic E-state index is 0.361. The van der Waals surface area contributed by atoms with Gasteiger partial charge in [0.2, 0.25) is 0 Å². The Morgan fingerprint density at radius 2 is 1.79 bits per heavy atom. The molecular formula is C23H26N2O4. The van der Waals surface area contributed by atoms with Crippen molar-refractivity contribution in [3.63, 3.8) is 0 Å².